The maximum atomic E-state index is 5.16. The van der Waals surface area contributed by atoms with Gasteiger partial charge >= 0.3 is 0 Å². The molecule has 0 spiro atoms. The Morgan fingerprint density at radius 3 is 1.25 bits per heavy atom. The van der Waals surface area contributed by atoms with Crippen LogP contribution in [0.2, 0.25) is 0 Å². The molecule has 120 valence electrons. The van der Waals surface area contributed by atoms with E-state index < -0.39 is 7.49 Å². The molecule has 0 aliphatic carbocycles. The minimum Gasteiger partial charge on any atom is -0.253 e. The first kappa shape index (κ1) is 19.9. The standard InChI is InChI=1S/C17H37N2P/c1-14(2,3)13-20(18-15(4,5)6)19(16(7,8)9)17(10,11)12/h13H,1-12H3. The summed E-state index contributed by atoms with van der Waals surface area (Å²) in [5, 5.41) is 0. The van der Waals surface area contributed by atoms with Crippen molar-refractivity contribution in [2.75, 3.05) is 0 Å². The van der Waals surface area contributed by atoms with Gasteiger partial charge in [-0.3, -0.25) is 4.74 Å². The minimum atomic E-state index is -0.643. The summed E-state index contributed by atoms with van der Waals surface area (Å²) in [7, 11) is -0.643. The van der Waals surface area contributed by atoms with Crippen LogP contribution in [0.5, 0.6) is 0 Å². The van der Waals surface area contributed by atoms with Crippen molar-refractivity contribution >= 4 is 13.3 Å². The van der Waals surface area contributed by atoms with Gasteiger partial charge in [0.05, 0.1) is 5.54 Å². The molecule has 0 aromatic heterocycles. The van der Waals surface area contributed by atoms with Gasteiger partial charge in [-0.1, -0.05) is 20.8 Å². The Kier molecular flexibility index (Phi) is 5.95. The highest BCUT2D eigenvalue weighted by atomic mass is 31.1. The first-order chi connectivity index (χ1) is 8.43. The molecule has 0 aliphatic rings. The maximum absolute atomic E-state index is 5.16. The Balaban J connectivity index is 6.25. The van der Waals surface area contributed by atoms with Gasteiger partial charge in [0, 0.05) is 18.6 Å². The molecule has 0 heterocycles. The fourth-order valence-electron chi connectivity index (χ4n) is 2.41. The molecular formula is C17H37N2P. The lowest BCUT2D eigenvalue weighted by Crippen LogP contribution is -2.47. The van der Waals surface area contributed by atoms with E-state index in [2.05, 4.69) is 93.6 Å². The van der Waals surface area contributed by atoms with Crippen molar-refractivity contribution in [2.45, 2.75) is 99.7 Å². The van der Waals surface area contributed by atoms with Crippen LogP contribution in [0.25, 0.3) is 0 Å². The summed E-state index contributed by atoms with van der Waals surface area (Å²) in [6.07, 6.45) is 0. The van der Waals surface area contributed by atoms with Crippen molar-refractivity contribution in [3.05, 3.63) is 0 Å². The van der Waals surface area contributed by atoms with E-state index in [0.717, 1.165) is 0 Å². The molecule has 0 fully saturated rings. The third-order valence-corrected chi connectivity index (χ3v) is 5.80. The highest BCUT2D eigenvalue weighted by Gasteiger charge is 2.33. The van der Waals surface area contributed by atoms with Crippen molar-refractivity contribution in [1.29, 1.82) is 0 Å². The molecule has 0 aromatic carbocycles. The second kappa shape index (κ2) is 5.97. The van der Waals surface area contributed by atoms with Gasteiger partial charge < -0.3 is 0 Å². The van der Waals surface area contributed by atoms with Crippen LogP contribution in [0.15, 0.2) is 4.74 Å². The van der Waals surface area contributed by atoms with E-state index >= 15 is 0 Å². The Morgan fingerprint density at radius 2 is 1.05 bits per heavy atom. The number of rotatable bonds is 1. The predicted molar refractivity (Wildman–Crippen MR) is 96.0 cm³/mol. The normalized spacial score (nSPS) is 16.1. The van der Waals surface area contributed by atoms with Crippen LogP contribution in [-0.4, -0.2) is 27.1 Å². The largest absolute Gasteiger partial charge is 0.253 e. The molecule has 0 aromatic rings. The van der Waals surface area contributed by atoms with Gasteiger partial charge in [0.1, 0.15) is 0 Å². The predicted octanol–water partition coefficient (Wildman–Crippen LogP) is 6.11. The van der Waals surface area contributed by atoms with Crippen LogP contribution in [-0.2, 0) is 0 Å². The molecule has 1 unspecified atom stereocenters. The molecule has 1 atom stereocenters. The van der Waals surface area contributed by atoms with E-state index in [-0.39, 0.29) is 22.0 Å². The Hall–Kier alpha value is -0.0700. The zero-order valence-electron chi connectivity index (χ0n) is 15.9. The van der Waals surface area contributed by atoms with Gasteiger partial charge in [-0.2, -0.15) is 0 Å². The molecule has 2 nitrogen and oxygen atoms in total. The molecule has 0 aliphatic heterocycles. The average molecular weight is 300 g/mol. The monoisotopic (exact) mass is 300 g/mol. The van der Waals surface area contributed by atoms with E-state index in [4.69, 9.17) is 4.74 Å². The number of hydrogen-bond donors (Lipinski definition) is 0. The fourth-order valence-corrected chi connectivity index (χ4v) is 5.21. The summed E-state index contributed by atoms with van der Waals surface area (Å²) in [6.45, 7) is 27.2. The van der Waals surface area contributed by atoms with Crippen LogP contribution in [0.4, 0.5) is 0 Å². The average Bonchev–Trinajstić information content (AvgIpc) is 1.87. The highest BCUT2D eigenvalue weighted by Crippen LogP contribution is 2.40. The lowest BCUT2D eigenvalue weighted by atomic mass is 10.0. The van der Waals surface area contributed by atoms with Crippen LogP contribution in [0.1, 0.15) is 83.1 Å². The van der Waals surface area contributed by atoms with Gasteiger partial charge in [-0.15, -0.1) is 0 Å². The molecule has 0 saturated carbocycles. The third kappa shape index (κ3) is 7.64. The molecule has 0 rings (SSSR count). The minimum absolute atomic E-state index is 0.0117. The highest BCUT2D eigenvalue weighted by molar-refractivity contribution is 7.45. The summed E-state index contributed by atoms with van der Waals surface area (Å²) >= 11 is 0. The van der Waals surface area contributed by atoms with Crippen molar-refractivity contribution in [2.24, 2.45) is 10.2 Å². The van der Waals surface area contributed by atoms with Crippen molar-refractivity contribution < 1.29 is 0 Å². The van der Waals surface area contributed by atoms with Gasteiger partial charge in [0.25, 0.3) is 0 Å². The smallest absolute Gasteiger partial charge is 0.0577 e. The van der Waals surface area contributed by atoms with Crippen molar-refractivity contribution in [3.63, 3.8) is 0 Å². The third-order valence-electron chi connectivity index (χ3n) is 2.38. The van der Waals surface area contributed by atoms with Crippen LogP contribution in [0, 0.1) is 5.41 Å². The maximum Gasteiger partial charge on any atom is 0.0577 e. The van der Waals surface area contributed by atoms with E-state index in [1.54, 1.807) is 0 Å². The van der Waals surface area contributed by atoms with E-state index in [1.807, 2.05) is 0 Å². The Labute approximate surface area is 128 Å². The Morgan fingerprint density at radius 1 is 0.700 bits per heavy atom. The van der Waals surface area contributed by atoms with Crippen LogP contribution >= 0.6 is 7.49 Å². The van der Waals surface area contributed by atoms with Crippen LogP contribution in [0.3, 0.4) is 0 Å². The lowest BCUT2D eigenvalue weighted by molar-refractivity contribution is 0.152. The van der Waals surface area contributed by atoms with Gasteiger partial charge in [0.2, 0.25) is 0 Å². The lowest BCUT2D eigenvalue weighted by Gasteiger charge is -2.44. The van der Waals surface area contributed by atoms with Gasteiger partial charge in [0.15, 0.2) is 0 Å². The first-order valence-electron chi connectivity index (χ1n) is 7.62. The zero-order valence-corrected chi connectivity index (χ0v) is 16.8. The second-order valence-electron chi connectivity index (χ2n) is 9.74. The summed E-state index contributed by atoms with van der Waals surface area (Å²) in [4.78, 5) is 0. The zero-order chi connectivity index (χ0) is 16.6. The SMILES string of the molecule is CC(C)(C)/C=P(=NC(C)(C)C)/N(C(C)(C)C)C(C)(C)C. The molecule has 0 saturated heterocycles. The fraction of sp³-hybridized carbons (Fsp3) is 0.941. The van der Waals surface area contributed by atoms with Crippen molar-refractivity contribution in [3.8, 4) is 0 Å². The topological polar surface area (TPSA) is 15.6 Å². The van der Waals surface area contributed by atoms with Gasteiger partial charge in [-0.25, -0.2) is 4.67 Å². The number of hydrogen-bond acceptors (Lipinski definition) is 1. The van der Waals surface area contributed by atoms with E-state index in [9.17, 15) is 0 Å². The molecule has 20 heavy (non-hydrogen) atoms. The summed E-state index contributed by atoms with van der Waals surface area (Å²) < 4.78 is 7.75. The molecule has 0 N–H and O–H groups in total. The molecular weight excluding hydrogens is 263 g/mol. The quantitative estimate of drug-likeness (QED) is 0.533. The van der Waals surface area contributed by atoms with Crippen LogP contribution < -0.4 is 0 Å². The number of nitrogens with zero attached hydrogens (tertiary/aromatic N) is 2. The van der Waals surface area contributed by atoms with Gasteiger partial charge in [-0.05, 0) is 73.5 Å². The van der Waals surface area contributed by atoms with E-state index in [1.165, 1.54) is 0 Å². The molecule has 3 heteroatoms. The summed E-state index contributed by atoms with van der Waals surface area (Å²) in [6, 6.07) is 0. The first-order valence-corrected chi connectivity index (χ1v) is 8.93. The van der Waals surface area contributed by atoms with E-state index in [0.29, 0.717) is 0 Å². The summed E-state index contributed by atoms with van der Waals surface area (Å²) in [5.41, 5.74) is 0.359. The second-order valence-corrected chi connectivity index (χ2v) is 11.2. The summed E-state index contributed by atoms with van der Waals surface area (Å²) in [5.74, 6) is 2.45. The van der Waals surface area contributed by atoms with Crippen molar-refractivity contribution in [1.82, 2.24) is 4.67 Å². The molecule has 0 radical (unpaired) electrons. The Bertz CT molecular complexity index is 364. The molecule has 0 bridgehead atoms. The molecule has 0 amide bonds.